The second kappa shape index (κ2) is 9.06. The van der Waals surface area contributed by atoms with Crippen molar-refractivity contribution < 1.29 is 9.59 Å². The van der Waals surface area contributed by atoms with Crippen LogP contribution in [0.5, 0.6) is 0 Å². The summed E-state index contributed by atoms with van der Waals surface area (Å²) in [5.41, 5.74) is 11.7. The van der Waals surface area contributed by atoms with Crippen LogP contribution in [0, 0.1) is 0 Å². The summed E-state index contributed by atoms with van der Waals surface area (Å²) in [6.07, 6.45) is 1.13. The molecule has 0 atom stereocenters. The van der Waals surface area contributed by atoms with Crippen molar-refractivity contribution in [3.05, 3.63) is 35.9 Å². The third-order valence-corrected chi connectivity index (χ3v) is 2.92. The smallest absolute Gasteiger partial charge is 0.318 e. The zero-order valence-electron chi connectivity index (χ0n) is 11.5. The summed E-state index contributed by atoms with van der Waals surface area (Å²) in [5, 5.41) is 2.06. The molecule has 0 fully saturated rings. The van der Waals surface area contributed by atoms with Crippen LogP contribution in [0.2, 0.25) is 0 Å². The van der Waals surface area contributed by atoms with Gasteiger partial charge in [0.05, 0.1) is 0 Å². The van der Waals surface area contributed by atoms with Gasteiger partial charge in [-0.1, -0.05) is 30.3 Å². The molecule has 0 radical (unpaired) electrons. The summed E-state index contributed by atoms with van der Waals surface area (Å²) < 4.78 is 0. The van der Waals surface area contributed by atoms with E-state index in [1.807, 2.05) is 18.2 Å². The van der Waals surface area contributed by atoms with Gasteiger partial charge in [0.2, 0.25) is 5.91 Å². The fourth-order valence-corrected chi connectivity index (χ4v) is 1.91. The van der Waals surface area contributed by atoms with Crippen LogP contribution >= 0.6 is 0 Å². The molecule has 0 aliphatic carbocycles. The number of nitrogens with two attached hydrogens (primary N) is 2. The van der Waals surface area contributed by atoms with E-state index in [0.29, 0.717) is 13.1 Å². The molecule has 0 saturated carbocycles. The Morgan fingerprint density at radius 3 is 2.40 bits per heavy atom. The number of urea groups is 1. The average Bonchev–Trinajstić information content (AvgIpc) is 2.42. The topological polar surface area (TPSA) is 101 Å². The lowest BCUT2D eigenvalue weighted by molar-refractivity contribution is -0.120. The molecule has 1 aromatic carbocycles. The molecule has 6 heteroatoms. The number of nitrogens with one attached hydrogen (secondary N) is 1. The number of carbonyl (C=O) groups is 2. The molecule has 3 amide bonds. The van der Waals surface area contributed by atoms with Crippen LogP contribution < -0.4 is 16.8 Å². The number of hydrogen-bond donors (Lipinski definition) is 3. The minimum atomic E-state index is -0.815. The first-order valence-corrected chi connectivity index (χ1v) is 6.67. The van der Waals surface area contributed by atoms with Crippen molar-refractivity contribution >= 4 is 11.9 Å². The molecule has 0 aromatic heterocycles. The van der Waals surface area contributed by atoms with Crippen LogP contribution in [0.15, 0.2) is 30.3 Å². The molecule has 5 N–H and O–H groups in total. The maximum Gasteiger partial charge on any atom is 0.318 e. The second-order valence-electron chi connectivity index (χ2n) is 4.53. The van der Waals surface area contributed by atoms with Gasteiger partial charge in [0.1, 0.15) is 0 Å². The number of hydrogen-bond acceptors (Lipinski definition) is 4. The molecule has 0 aliphatic rings. The van der Waals surface area contributed by atoms with Crippen molar-refractivity contribution in [3.8, 4) is 0 Å². The van der Waals surface area contributed by atoms with E-state index < -0.39 is 6.03 Å². The van der Waals surface area contributed by atoms with Crippen molar-refractivity contribution in [2.45, 2.75) is 12.8 Å². The van der Waals surface area contributed by atoms with Gasteiger partial charge in [0.15, 0.2) is 0 Å². The van der Waals surface area contributed by atoms with E-state index in [4.69, 9.17) is 11.5 Å². The lowest BCUT2D eigenvalue weighted by atomic mass is 10.1. The Kier molecular flexibility index (Phi) is 7.31. The first-order chi connectivity index (χ1) is 9.61. The number of primary amides is 1. The molecule has 1 aromatic rings. The van der Waals surface area contributed by atoms with E-state index >= 15 is 0 Å². The van der Waals surface area contributed by atoms with E-state index in [0.717, 1.165) is 19.5 Å². The Hall–Kier alpha value is -1.92. The van der Waals surface area contributed by atoms with Gasteiger partial charge in [-0.3, -0.25) is 10.1 Å². The number of rotatable bonds is 8. The molecule has 0 saturated heterocycles. The number of carbonyl (C=O) groups excluding carboxylic acids is 2. The molecule has 1 rings (SSSR count). The number of imide groups is 1. The summed E-state index contributed by atoms with van der Waals surface area (Å²) in [7, 11) is 0. The van der Waals surface area contributed by atoms with Crippen LogP contribution in [0.25, 0.3) is 0 Å². The van der Waals surface area contributed by atoms with Gasteiger partial charge in [-0.2, -0.15) is 0 Å². The highest BCUT2D eigenvalue weighted by Crippen LogP contribution is 2.02. The predicted molar refractivity (Wildman–Crippen MR) is 78.0 cm³/mol. The van der Waals surface area contributed by atoms with Crippen LogP contribution in [0.1, 0.15) is 12.0 Å². The van der Waals surface area contributed by atoms with Gasteiger partial charge in [-0.05, 0) is 12.0 Å². The van der Waals surface area contributed by atoms with Gasteiger partial charge in [-0.25, -0.2) is 4.79 Å². The Morgan fingerprint density at radius 1 is 1.10 bits per heavy atom. The molecule has 20 heavy (non-hydrogen) atoms. The fourth-order valence-electron chi connectivity index (χ4n) is 1.91. The quantitative estimate of drug-likeness (QED) is 0.626. The molecule has 0 heterocycles. The molecule has 0 aliphatic heterocycles. The standard InChI is InChI=1S/C14H22N4O2/c15-8-11-18(10-7-13(19)17-14(16)20)9-6-12-4-2-1-3-5-12/h1-5H,6-11,15H2,(H3,16,17,19,20). The monoisotopic (exact) mass is 278 g/mol. The van der Waals surface area contributed by atoms with Crippen molar-refractivity contribution in [1.29, 1.82) is 0 Å². The Labute approximate surface area is 119 Å². The molecule has 110 valence electrons. The summed E-state index contributed by atoms with van der Waals surface area (Å²) in [6.45, 7) is 2.64. The largest absolute Gasteiger partial charge is 0.351 e. The summed E-state index contributed by atoms with van der Waals surface area (Å²) in [5.74, 6) is -0.362. The maximum atomic E-state index is 11.4. The minimum Gasteiger partial charge on any atom is -0.351 e. The molecular weight excluding hydrogens is 256 g/mol. The zero-order chi connectivity index (χ0) is 14.8. The number of amides is 3. The van der Waals surface area contributed by atoms with Crippen molar-refractivity contribution in [1.82, 2.24) is 10.2 Å². The molecule has 0 bridgehead atoms. The van der Waals surface area contributed by atoms with Gasteiger partial charge in [0, 0.05) is 32.6 Å². The Morgan fingerprint density at radius 2 is 1.80 bits per heavy atom. The highest BCUT2D eigenvalue weighted by molar-refractivity contribution is 5.93. The van der Waals surface area contributed by atoms with Crippen molar-refractivity contribution in [3.63, 3.8) is 0 Å². The SMILES string of the molecule is NCCN(CCC(=O)NC(N)=O)CCc1ccccc1. The third-order valence-electron chi connectivity index (χ3n) is 2.92. The average molecular weight is 278 g/mol. The van der Waals surface area contributed by atoms with Crippen LogP contribution in [-0.4, -0.2) is 43.0 Å². The van der Waals surface area contributed by atoms with Crippen LogP contribution in [-0.2, 0) is 11.2 Å². The van der Waals surface area contributed by atoms with Crippen LogP contribution in [0.4, 0.5) is 4.79 Å². The van der Waals surface area contributed by atoms with Crippen LogP contribution in [0.3, 0.4) is 0 Å². The summed E-state index contributed by atoms with van der Waals surface area (Å²) in [4.78, 5) is 24.0. The van der Waals surface area contributed by atoms with E-state index in [9.17, 15) is 9.59 Å². The molecular formula is C14H22N4O2. The minimum absolute atomic E-state index is 0.234. The first kappa shape index (κ1) is 16.1. The molecule has 0 spiro atoms. The fraction of sp³-hybridized carbons (Fsp3) is 0.429. The normalized spacial score (nSPS) is 10.5. The Balaban J connectivity index is 2.36. The third kappa shape index (κ3) is 6.86. The van der Waals surface area contributed by atoms with Gasteiger partial charge in [-0.15, -0.1) is 0 Å². The van der Waals surface area contributed by atoms with Gasteiger partial charge in [0.25, 0.3) is 0 Å². The zero-order valence-corrected chi connectivity index (χ0v) is 11.5. The highest BCUT2D eigenvalue weighted by atomic mass is 16.2. The first-order valence-electron chi connectivity index (χ1n) is 6.67. The van der Waals surface area contributed by atoms with E-state index in [1.165, 1.54) is 5.56 Å². The second-order valence-corrected chi connectivity index (χ2v) is 4.53. The predicted octanol–water partition coefficient (Wildman–Crippen LogP) is 0.0748. The summed E-state index contributed by atoms with van der Waals surface area (Å²) in [6, 6.07) is 9.31. The van der Waals surface area contributed by atoms with Crippen molar-refractivity contribution in [2.75, 3.05) is 26.2 Å². The number of benzene rings is 1. The molecule has 0 unspecified atom stereocenters. The Bertz CT molecular complexity index is 422. The van der Waals surface area contributed by atoms with Crippen molar-refractivity contribution in [2.24, 2.45) is 11.5 Å². The lowest BCUT2D eigenvalue weighted by Gasteiger charge is -2.21. The molecule has 6 nitrogen and oxygen atoms in total. The van der Waals surface area contributed by atoms with E-state index in [2.05, 4.69) is 22.3 Å². The van der Waals surface area contributed by atoms with E-state index in [-0.39, 0.29) is 12.3 Å². The lowest BCUT2D eigenvalue weighted by Crippen LogP contribution is -2.38. The summed E-state index contributed by atoms with van der Waals surface area (Å²) >= 11 is 0. The van der Waals surface area contributed by atoms with E-state index in [1.54, 1.807) is 0 Å². The van der Waals surface area contributed by atoms with Gasteiger partial charge < -0.3 is 16.4 Å². The highest BCUT2D eigenvalue weighted by Gasteiger charge is 2.09. The number of nitrogens with zero attached hydrogens (tertiary/aromatic N) is 1. The maximum absolute atomic E-state index is 11.4. The van der Waals surface area contributed by atoms with Gasteiger partial charge >= 0.3 is 6.03 Å².